The lowest BCUT2D eigenvalue weighted by molar-refractivity contribution is -0.131. The highest BCUT2D eigenvalue weighted by Crippen LogP contribution is 2.12. The van der Waals surface area contributed by atoms with E-state index in [1.54, 1.807) is 14.1 Å². The van der Waals surface area contributed by atoms with Crippen LogP contribution < -0.4 is 5.32 Å². The summed E-state index contributed by atoms with van der Waals surface area (Å²) < 4.78 is 26.4. The molecule has 4 nitrogen and oxygen atoms in total. The van der Waals surface area contributed by atoms with E-state index in [1.165, 1.54) is 4.90 Å². The summed E-state index contributed by atoms with van der Waals surface area (Å²) in [6.45, 7) is 3.83. The fourth-order valence-corrected chi connectivity index (χ4v) is 1.91. The van der Waals surface area contributed by atoms with E-state index in [2.05, 4.69) is 5.32 Å². The molecular formula is C15H20F2N2O2. The van der Waals surface area contributed by atoms with Gasteiger partial charge in [-0.25, -0.2) is 8.78 Å². The Morgan fingerprint density at radius 3 is 2.33 bits per heavy atom. The van der Waals surface area contributed by atoms with E-state index in [-0.39, 0.29) is 17.4 Å². The molecule has 0 aliphatic carbocycles. The van der Waals surface area contributed by atoms with Crippen molar-refractivity contribution in [1.29, 1.82) is 0 Å². The minimum atomic E-state index is -0.951. The van der Waals surface area contributed by atoms with Crippen LogP contribution in [0.1, 0.15) is 30.6 Å². The molecule has 2 amide bonds. The fourth-order valence-electron chi connectivity index (χ4n) is 1.91. The van der Waals surface area contributed by atoms with E-state index in [9.17, 15) is 18.4 Å². The van der Waals surface area contributed by atoms with Crippen molar-refractivity contribution in [3.05, 3.63) is 35.4 Å². The number of rotatable bonds is 5. The van der Waals surface area contributed by atoms with Crippen LogP contribution in [0.25, 0.3) is 0 Å². The first-order valence-corrected chi connectivity index (χ1v) is 6.69. The molecule has 116 valence electrons. The topological polar surface area (TPSA) is 49.4 Å². The molecular weight excluding hydrogens is 278 g/mol. The summed E-state index contributed by atoms with van der Waals surface area (Å²) >= 11 is 0. The van der Waals surface area contributed by atoms with E-state index < -0.39 is 23.6 Å². The predicted molar refractivity (Wildman–Crippen MR) is 75.8 cm³/mol. The minimum absolute atomic E-state index is 0.178. The number of hydrogen-bond donors (Lipinski definition) is 1. The van der Waals surface area contributed by atoms with Gasteiger partial charge in [-0.1, -0.05) is 13.8 Å². The Bertz CT molecular complexity index is 530. The molecule has 0 fully saturated rings. The van der Waals surface area contributed by atoms with Crippen molar-refractivity contribution in [2.24, 2.45) is 5.92 Å². The lowest BCUT2D eigenvalue weighted by Gasteiger charge is -2.23. The Labute approximate surface area is 123 Å². The highest BCUT2D eigenvalue weighted by atomic mass is 19.1. The molecule has 0 radical (unpaired) electrons. The maximum Gasteiger partial charge on any atom is 0.254 e. The molecule has 0 bridgehead atoms. The Kier molecular flexibility index (Phi) is 5.81. The molecule has 6 heteroatoms. The van der Waals surface area contributed by atoms with Crippen LogP contribution in [0.5, 0.6) is 0 Å². The smallest absolute Gasteiger partial charge is 0.254 e. The second kappa shape index (κ2) is 7.15. The number of nitrogens with one attached hydrogen (secondary N) is 1. The van der Waals surface area contributed by atoms with Crippen LogP contribution in [0.2, 0.25) is 0 Å². The number of benzene rings is 1. The van der Waals surface area contributed by atoms with Crippen LogP contribution in [-0.2, 0) is 4.79 Å². The Morgan fingerprint density at radius 1 is 1.24 bits per heavy atom. The summed E-state index contributed by atoms with van der Waals surface area (Å²) in [5, 5.41) is 2.51. The molecule has 1 rings (SSSR count). The second-order valence-corrected chi connectivity index (χ2v) is 5.51. The third-order valence-corrected chi connectivity index (χ3v) is 2.93. The van der Waals surface area contributed by atoms with Gasteiger partial charge in [0, 0.05) is 20.2 Å². The minimum Gasteiger partial charge on any atom is -0.347 e. The van der Waals surface area contributed by atoms with Gasteiger partial charge in [0.2, 0.25) is 5.91 Å². The Hall–Kier alpha value is -1.98. The van der Waals surface area contributed by atoms with Gasteiger partial charge in [0.25, 0.3) is 5.91 Å². The first kappa shape index (κ1) is 17.1. The Morgan fingerprint density at radius 2 is 1.86 bits per heavy atom. The maximum atomic E-state index is 13.6. The lowest BCUT2D eigenvalue weighted by atomic mass is 10.0. The van der Waals surface area contributed by atoms with Gasteiger partial charge >= 0.3 is 0 Å². The van der Waals surface area contributed by atoms with Crippen molar-refractivity contribution >= 4 is 11.8 Å². The van der Waals surface area contributed by atoms with E-state index >= 15 is 0 Å². The van der Waals surface area contributed by atoms with Gasteiger partial charge in [-0.05, 0) is 24.5 Å². The molecule has 1 atom stereocenters. The largest absolute Gasteiger partial charge is 0.347 e. The van der Waals surface area contributed by atoms with Crippen molar-refractivity contribution in [3.8, 4) is 0 Å². The predicted octanol–water partition coefficient (Wildman–Crippen LogP) is 2.20. The summed E-state index contributed by atoms with van der Waals surface area (Å²) in [5.74, 6) is -2.52. The molecule has 0 heterocycles. The van der Waals surface area contributed by atoms with Crippen molar-refractivity contribution in [3.63, 3.8) is 0 Å². The molecule has 0 saturated carbocycles. The van der Waals surface area contributed by atoms with Gasteiger partial charge in [-0.15, -0.1) is 0 Å². The van der Waals surface area contributed by atoms with Crippen LogP contribution in [-0.4, -0.2) is 36.9 Å². The van der Waals surface area contributed by atoms with Crippen LogP contribution in [0.15, 0.2) is 18.2 Å². The molecule has 21 heavy (non-hydrogen) atoms. The second-order valence-electron chi connectivity index (χ2n) is 5.51. The summed E-state index contributed by atoms with van der Waals surface area (Å²) in [5.41, 5.74) is -0.281. The SMILES string of the molecule is CC(C)C[C@@H](NC(=O)c1ccc(F)cc1F)C(=O)N(C)C. The van der Waals surface area contributed by atoms with Gasteiger partial charge in [-0.3, -0.25) is 9.59 Å². The van der Waals surface area contributed by atoms with Crippen LogP contribution in [0.3, 0.4) is 0 Å². The molecule has 0 aliphatic heterocycles. The average Bonchev–Trinajstić information content (AvgIpc) is 2.36. The molecule has 0 aliphatic rings. The zero-order valence-corrected chi connectivity index (χ0v) is 12.6. The van der Waals surface area contributed by atoms with E-state index in [0.29, 0.717) is 12.5 Å². The van der Waals surface area contributed by atoms with Crippen molar-refractivity contribution in [2.45, 2.75) is 26.3 Å². The quantitative estimate of drug-likeness (QED) is 0.906. The Balaban J connectivity index is 2.92. The van der Waals surface area contributed by atoms with Crippen LogP contribution in [0.4, 0.5) is 8.78 Å². The monoisotopic (exact) mass is 298 g/mol. The number of halogens is 2. The number of hydrogen-bond acceptors (Lipinski definition) is 2. The van der Waals surface area contributed by atoms with Crippen molar-refractivity contribution < 1.29 is 18.4 Å². The van der Waals surface area contributed by atoms with Crippen molar-refractivity contribution in [2.75, 3.05) is 14.1 Å². The van der Waals surface area contributed by atoms with Crippen LogP contribution >= 0.6 is 0 Å². The number of carbonyl (C=O) groups excluding carboxylic acids is 2. The van der Waals surface area contributed by atoms with E-state index in [1.807, 2.05) is 13.8 Å². The average molecular weight is 298 g/mol. The zero-order chi connectivity index (χ0) is 16.2. The molecule has 0 aromatic heterocycles. The molecule has 1 aromatic carbocycles. The van der Waals surface area contributed by atoms with E-state index in [4.69, 9.17) is 0 Å². The van der Waals surface area contributed by atoms with Crippen molar-refractivity contribution in [1.82, 2.24) is 10.2 Å². The molecule has 0 unspecified atom stereocenters. The molecule has 0 spiro atoms. The highest BCUT2D eigenvalue weighted by molar-refractivity contribution is 5.97. The fraction of sp³-hybridized carbons (Fsp3) is 0.467. The van der Waals surface area contributed by atoms with Gasteiger partial charge < -0.3 is 10.2 Å². The zero-order valence-electron chi connectivity index (χ0n) is 12.6. The lowest BCUT2D eigenvalue weighted by Crippen LogP contribution is -2.47. The number of nitrogens with zero attached hydrogens (tertiary/aromatic N) is 1. The molecule has 1 N–H and O–H groups in total. The standard InChI is InChI=1S/C15H20F2N2O2/c1-9(2)7-13(15(21)19(3)4)18-14(20)11-6-5-10(16)8-12(11)17/h5-6,8-9,13H,7H2,1-4H3,(H,18,20)/t13-/m1/s1. The third-order valence-electron chi connectivity index (χ3n) is 2.93. The third kappa shape index (κ3) is 4.81. The van der Waals surface area contributed by atoms with Gasteiger partial charge in [0.1, 0.15) is 17.7 Å². The first-order chi connectivity index (χ1) is 9.72. The molecule has 1 aromatic rings. The number of amides is 2. The first-order valence-electron chi connectivity index (χ1n) is 6.69. The maximum absolute atomic E-state index is 13.6. The summed E-state index contributed by atoms with van der Waals surface area (Å²) in [6.07, 6.45) is 0.436. The summed E-state index contributed by atoms with van der Waals surface area (Å²) in [6, 6.07) is 1.97. The van der Waals surface area contributed by atoms with Gasteiger partial charge in [0.05, 0.1) is 5.56 Å². The van der Waals surface area contributed by atoms with Gasteiger partial charge in [0.15, 0.2) is 0 Å². The number of likely N-dealkylation sites (N-methyl/N-ethyl adjacent to an activating group) is 1. The van der Waals surface area contributed by atoms with Gasteiger partial charge in [-0.2, -0.15) is 0 Å². The summed E-state index contributed by atoms with van der Waals surface area (Å²) in [4.78, 5) is 25.5. The van der Waals surface area contributed by atoms with E-state index in [0.717, 1.165) is 12.1 Å². The summed E-state index contributed by atoms with van der Waals surface area (Å²) in [7, 11) is 3.17. The number of carbonyl (C=O) groups is 2. The van der Waals surface area contributed by atoms with Crippen LogP contribution in [0, 0.1) is 17.6 Å². The normalized spacial score (nSPS) is 12.1. The molecule has 0 saturated heterocycles. The highest BCUT2D eigenvalue weighted by Gasteiger charge is 2.25.